The quantitative estimate of drug-likeness (QED) is 0.814. The number of amides is 1. The van der Waals surface area contributed by atoms with Crippen molar-refractivity contribution in [3.8, 4) is 0 Å². The highest BCUT2D eigenvalue weighted by atomic mass is 35.6. The van der Waals surface area contributed by atoms with E-state index in [1.165, 1.54) is 0 Å². The van der Waals surface area contributed by atoms with Crippen molar-refractivity contribution < 1.29 is 9.69 Å². The number of aryl methyl sites for hydroxylation is 1. The Morgan fingerprint density at radius 1 is 1.20 bits per heavy atom. The molecule has 0 bridgehead atoms. The number of hydrogen-bond acceptors (Lipinski definition) is 1. The Balaban J connectivity index is 2.11. The third kappa shape index (κ3) is 4.01. The first-order valence-electron chi connectivity index (χ1n) is 6.67. The maximum atomic E-state index is 12.3. The summed E-state index contributed by atoms with van der Waals surface area (Å²) in [5.41, 5.74) is 1.68. The van der Waals surface area contributed by atoms with Gasteiger partial charge in [-0.05, 0) is 19.1 Å². The van der Waals surface area contributed by atoms with Gasteiger partial charge in [0.15, 0.2) is 0 Å². The Labute approximate surface area is 134 Å². The average molecular weight is 337 g/mol. The number of benzene rings is 1. The summed E-state index contributed by atoms with van der Waals surface area (Å²) in [6.07, 6.45) is 1.66. The van der Waals surface area contributed by atoms with Crippen LogP contribution in [0.1, 0.15) is 28.8 Å². The molecule has 6 heteroatoms. The summed E-state index contributed by atoms with van der Waals surface area (Å²) in [5.74, 6) is -0.208. The van der Waals surface area contributed by atoms with Gasteiger partial charge in [0.25, 0.3) is 9.70 Å². The molecule has 1 heterocycles. The summed E-state index contributed by atoms with van der Waals surface area (Å²) >= 11 is 18.1. The number of rotatable bonds is 3. The van der Waals surface area contributed by atoms with Crippen LogP contribution in [0, 0.1) is 6.92 Å². The summed E-state index contributed by atoms with van der Waals surface area (Å²) < 4.78 is -1.51. The molecule has 1 aliphatic rings. The third-order valence-electron chi connectivity index (χ3n) is 3.57. The summed E-state index contributed by atoms with van der Waals surface area (Å²) in [7, 11) is 0. The van der Waals surface area contributed by atoms with E-state index < -0.39 is 9.96 Å². The molecule has 0 spiro atoms. The van der Waals surface area contributed by atoms with Gasteiger partial charge in [-0.15, -0.1) is 0 Å². The minimum Gasteiger partial charge on any atom is -0.312 e. The number of hydrogen-bond donors (Lipinski definition) is 2. The Morgan fingerprint density at radius 2 is 1.75 bits per heavy atom. The normalized spacial score (nSPS) is 18.0. The molecule has 1 aromatic rings. The summed E-state index contributed by atoms with van der Waals surface area (Å²) in [5, 5.41) is 2.86. The van der Waals surface area contributed by atoms with Gasteiger partial charge in [-0.25, -0.2) is 0 Å². The molecular weight excluding hydrogens is 319 g/mol. The Kier molecular flexibility index (Phi) is 5.19. The minimum atomic E-state index is -1.51. The largest absolute Gasteiger partial charge is 0.312 e. The molecule has 2 rings (SSSR count). The molecule has 1 aromatic carbocycles. The monoisotopic (exact) mass is 335 g/mol. The molecule has 1 aliphatic heterocycles. The molecule has 0 aliphatic carbocycles. The van der Waals surface area contributed by atoms with Crippen molar-refractivity contribution in [2.24, 2.45) is 0 Å². The SMILES string of the molecule is Cc1ccc(C(=O)N[C@H]([NH+]2CCCC2)C(Cl)(Cl)Cl)cc1. The second kappa shape index (κ2) is 6.52. The first kappa shape index (κ1) is 15.9. The van der Waals surface area contributed by atoms with Crippen LogP contribution in [0.15, 0.2) is 24.3 Å². The first-order valence-corrected chi connectivity index (χ1v) is 7.80. The Hall–Kier alpha value is -0.480. The molecule has 0 radical (unpaired) electrons. The van der Waals surface area contributed by atoms with Crippen LogP contribution in [0.2, 0.25) is 0 Å². The first-order chi connectivity index (χ1) is 9.38. The second-order valence-electron chi connectivity index (χ2n) is 5.18. The lowest BCUT2D eigenvalue weighted by Gasteiger charge is -2.30. The molecule has 1 saturated heterocycles. The van der Waals surface area contributed by atoms with E-state index in [2.05, 4.69) is 5.32 Å². The van der Waals surface area contributed by atoms with E-state index in [0.717, 1.165) is 36.4 Å². The smallest absolute Gasteiger partial charge is 0.262 e. The van der Waals surface area contributed by atoms with E-state index >= 15 is 0 Å². The molecular formula is C14H18Cl3N2O+. The number of likely N-dealkylation sites (tertiary alicyclic amines) is 1. The van der Waals surface area contributed by atoms with Crippen molar-refractivity contribution >= 4 is 40.7 Å². The van der Waals surface area contributed by atoms with Crippen molar-refractivity contribution in [3.63, 3.8) is 0 Å². The van der Waals surface area contributed by atoms with Gasteiger partial charge >= 0.3 is 0 Å². The highest BCUT2D eigenvalue weighted by Crippen LogP contribution is 2.28. The fraction of sp³-hybridized carbons (Fsp3) is 0.500. The number of quaternary nitrogens is 1. The number of halogens is 3. The molecule has 2 N–H and O–H groups in total. The van der Waals surface area contributed by atoms with E-state index in [1.54, 1.807) is 12.1 Å². The average Bonchev–Trinajstić information content (AvgIpc) is 2.88. The van der Waals surface area contributed by atoms with Gasteiger partial charge in [-0.3, -0.25) is 10.1 Å². The zero-order valence-electron chi connectivity index (χ0n) is 11.3. The fourth-order valence-electron chi connectivity index (χ4n) is 2.45. The van der Waals surface area contributed by atoms with Crippen LogP contribution in [0.4, 0.5) is 0 Å². The number of carbonyl (C=O) groups excluding carboxylic acids is 1. The lowest BCUT2D eigenvalue weighted by molar-refractivity contribution is -0.915. The molecule has 3 nitrogen and oxygen atoms in total. The maximum Gasteiger partial charge on any atom is 0.262 e. The number of carbonyl (C=O) groups is 1. The van der Waals surface area contributed by atoms with Crippen molar-refractivity contribution in [2.45, 2.75) is 29.7 Å². The van der Waals surface area contributed by atoms with Crippen LogP contribution < -0.4 is 10.2 Å². The van der Waals surface area contributed by atoms with Crippen LogP contribution in [0.3, 0.4) is 0 Å². The maximum absolute atomic E-state index is 12.3. The van der Waals surface area contributed by atoms with Gasteiger partial charge in [0.05, 0.1) is 13.1 Å². The van der Waals surface area contributed by atoms with E-state index in [9.17, 15) is 4.79 Å². The summed E-state index contributed by atoms with van der Waals surface area (Å²) in [6, 6.07) is 7.34. The van der Waals surface area contributed by atoms with E-state index in [-0.39, 0.29) is 5.91 Å². The summed E-state index contributed by atoms with van der Waals surface area (Å²) in [6.45, 7) is 3.79. The topological polar surface area (TPSA) is 33.5 Å². The molecule has 20 heavy (non-hydrogen) atoms. The van der Waals surface area contributed by atoms with Crippen molar-refractivity contribution in [3.05, 3.63) is 35.4 Å². The zero-order chi connectivity index (χ0) is 14.8. The standard InChI is InChI=1S/C14H17Cl3N2O/c1-10-4-6-11(7-5-10)12(20)18-13(14(15,16)17)19-8-2-3-9-19/h4-7,13H,2-3,8-9H2,1H3,(H,18,20)/p+1/t13-/m1/s1. The molecule has 0 saturated carbocycles. The van der Waals surface area contributed by atoms with Crippen LogP contribution in [0.25, 0.3) is 0 Å². The number of nitrogens with one attached hydrogen (secondary N) is 2. The molecule has 0 unspecified atom stereocenters. The van der Waals surface area contributed by atoms with Crippen molar-refractivity contribution in [1.29, 1.82) is 0 Å². The van der Waals surface area contributed by atoms with E-state index in [1.807, 2.05) is 19.1 Å². The molecule has 1 fully saturated rings. The van der Waals surface area contributed by atoms with E-state index in [4.69, 9.17) is 34.8 Å². The third-order valence-corrected chi connectivity index (χ3v) is 4.23. The van der Waals surface area contributed by atoms with Gasteiger partial charge in [0.1, 0.15) is 0 Å². The van der Waals surface area contributed by atoms with Gasteiger partial charge in [0.2, 0.25) is 6.17 Å². The van der Waals surface area contributed by atoms with E-state index in [0.29, 0.717) is 5.56 Å². The van der Waals surface area contributed by atoms with Crippen LogP contribution in [0.5, 0.6) is 0 Å². The van der Waals surface area contributed by atoms with Gasteiger partial charge in [-0.1, -0.05) is 52.5 Å². The predicted octanol–water partition coefficient (Wildman–Crippen LogP) is 2.10. The minimum absolute atomic E-state index is 0.208. The van der Waals surface area contributed by atoms with Gasteiger partial charge in [-0.2, -0.15) is 0 Å². The molecule has 0 aromatic heterocycles. The second-order valence-corrected chi connectivity index (χ2v) is 7.55. The predicted molar refractivity (Wildman–Crippen MR) is 82.7 cm³/mol. The molecule has 1 atom stereocenters. The molecule has 1 amide bonds. The van der Waals surface area contributed by atoms with Gasteiger partial charge < -0.3 is 4.90 Å². The lowest BCUT2D eigenvalue weighted by Crippen LogP contribution is -3.17. The van der Waals surface area contributed by atoms with Crippen LogP contribution in [-0.4, -0.2) is 29.0 Å². The van der Waals surface area contributed by atoms with Crippen LogP contribution in [-0.2, 0) is 0 Å². The lowest BCUT2D eigenvalue weighted by atomic mass is 10.1. The van der Waals surface area contributed by atoms with Gasteiger partial charge in [0, 0.05) is 18.4 Å². The van der Waals surface area contributed by atoms with Crippen molar-refractivity contribution in [1.82, 2.24) is 5.32 Å². The summed E-state index contributed by atoms with van der Waals surface area (Å²) in [4.78, 5) is 13.4. The van der Waals surface area contributed by atoms with Crippen molar-refractivity contribution in [2.75, 3.05) is 13.1 Å². The highest BCUT2D eigenvalue weighted by Gasteiger charge is 2.43. The van der Waals surface area contributed by atoms with Crippen LogP contribution >= 0.6 is 34.8 Å². The Morgan fingerprint density at radius 3 is 2.25 bits per heavy atom. The Bertz CT molecular complexity index is 464. The molecule has 110 valence electrons. The highest BCUT2D eigenvalue weighted by molar-refractivity contribution is 6.68. The number of alkyl halides is 3. The zero-order valence-corrected chi connectivity index (χ0v) is 13.5. The fourth-order valence-corrected chi connectivity index (χ4v) is 3.08.